The molecule has 1 fully saturated rings. The maximum Gasteiger partial charge on any atom is 0.219 e. The number of piperidine rings is 1. The van der Waals surface area contributed by atoms with Gasteiger partial charge in [-0.3, -0.25) is 14.5 Å². The summed E-state index contributed by atoms with van der Waals surface area (Å²) in [5.41, 5.74) is 11.7. The van der Waals surface area contributed by atoms with E-state index in [0.29, 0.717) is 18.9 Å². The number of amides is 1. The van der Waals surface area contributed by atoms with Crippen LogP contribution in [0.15, 0.2) is 53.4 Å². The summed E-state index contributed by atoms with van der Waals surface area (Å²) in [5.74, 6) is 0.676. The molecule has 4 rings (SSSR count). The van der Waals surface area contributed by atoms with Crippen molar-refractivity contribution in [2.45, 2.75) is 13.3 Å². The fourth-order valence-corrected chi connectivity index (χ4v) is 3.75. The zero-order valence-corrected chi connectivity index (χ0v) is 16.4. The lowest BCUT2D eigenvalue weighted by Gasteiger charge is -2.30. The molecule has 144 valence electrons. The predicted octanol–water partition coefficient (Wildman–Crippen LogP) is 2.49. The maximum absolute atomic E-state index is 11.8. The number of aryl methyl sites for hydroxylation is 1. The summed E-state index contributed by atoms with van der Waals surface area (Å²) < 4.78 is 3.77. The van der Waals surface area contributed by atoms with Gasteiger partial charge in [-0.05, 0) is 23.8 Å². The van der Waals surface area contributed by atoms with Gasteiger partial charge in [-0.1, -0.05) is 6.07 Å². The molecule has 3 heterocycles. The number of fused-ring (bicyclic) bond motifs is 1. The molecule has 2 N–H and O–H groups in total. The van der Waals surface area contributed by atoms with Crippen LogP contribution >= 0.6 is 0 Å². The first-order chi connectivity index (χ1) is 13.5. The maximum atomic E-state index is 11.8. The second kappa shape index (κ2) is 6.99. The monoisotopic (exact) mass is 376 g/mol. The van der Waals surface area contributed by atoms with E-state index in [1.54, 1.807) is 18.7 Å². The number of nitrogens with zero attached hydrogens (tertiary/aromatic N) is 5. The highest BCUT2D eigenvalue weighted by atomic mass is 16.2. The first-order valence-corrected chi connectivity index (χ1v) is 9.28. The Bertz CT molecular complexity index is 1120. The van der Waals surface area contributed by atoms with E-state index in [2.05, 4.69) is 34.4 Å². The Morgan fingerprint density at radius 2 is 2.07 bits per heavy atom. The van der Waals surface area contributed by atoms with Gasteiger partial charge < -0.3 is 15.2 Å². The summed E-state index contributed by atoms with van der Waals surface area (Å²) in [7, 11) is 3.69. The van der Waals surface area contributed by atoms with Crippen molar-refractivity contribution in [3.8, 4) is 11.1 Å². The fraction of sp³-hybridized carbons (Fsp3) is 0.286. The van der Waals surface area contributed by atoms with Crippen LogP contribution in [-0.2, 0) is 11.8 Å². The largest absolute Gasteiger partial charge is 0.384 e. The fourth-order valence-electron chi connectivity index (χ4n) is 3.75. The molecule has 1 amide bonds. The summed E-state index contributed by atoms with van der Waals surface area (Å²) in [6, 6.07) is 8.33. The van der Waals surface area contributed by atoms with Crippen LogP contribution in [0.4, 0.5) is 0 Å². The van der Waals surface area contributed by atoms with Gasteiger partial charge in [0.15, 0.2) is 0 Å². The Kier molecular flexibility index (Phi) is 4.50. The molecule has 1 aliphatic heterocycles. The molecule has 0 radical (unpaired) electrons. The Morgan fingerprint density at radius 3 is 2.75 bits per heavy atom. The molecule has 0 bridgehead atoms. The molecule has 3 aromatic rings. The average molecular weight is 376 g/mol. The van der Waals surface area contributed by atoms with E-state index in [-0.39, 0.29) is 5.91 Å². The zero-order chi connectivity index (χ0) is 19.8. The first kappa shape index (κ1) is 18.0. The lowest BCUT2D eigenvalue weighted by Crippen LogP contribution is -2.40. The summed E-state index contributed by atoms with van der Waals surface area (Å²) in [6.45, 7) is 2.76. The molecular formula is C21H24N6O. The van der Waals surface area contributed by atoms with Gasteiger partial charge in [0.2, 0.25) is 5.91 Å². The predicted molar refractivity (Wildman–Crippen MR) is 112 cm³/mol. The van der Waals surface area contributed by atoms with E-state index in [1.165, 1.54) is 0 Å². The van der Waals surface area contributed by atoms with Crippen molar-refractivity contribution >= 4 is 28.3 Å². The second-order valence-corrected chi connectivity index (χ2v) is 7.09. The van der Waals surface area contributed by atoms with Gasteiger partial charge in [-0.15, -0.1) is 0 Å². The van der Waals surface area contributed by atoms with E-state index in [4.69, 9.17) is 5.73 Å². The molecule has 0 atom stereocenters. The van der Waals surface area contributed by atoms with Crippen molar-refractivity contribution in [3.05, 3.63) is 48.4 Å². The van der Waals surface area contributed by atoms with Crippen LogP contribution in [0.25, 0.3) is 27.9 Å². The van der Waals surface area contributed by atoms with Gasteiger partial charge in [0.25, 0.3) is 0 Å². The van der Waals surface area contributed by atoms with Crippen molar-refractivity contribution in [2.75, 3.05) is 20.1 Å². The van der Waals surface area contributed by atoms with Gasteiger partial charge in [-0.2, -0.15) is 5.10 Å². The van der Waals surface area contributed by atoms with E-state index in [0.717, 1.165) is 39.7 Å². The number of benzene rings is 1. The van der Waals surface area contributed by atoms with Crippen LogP contribution in [-0.4, -0.2) is 51.0 Å². The molecule has 0 unspecified atom stereocenters. The van der Waals surface area contributed by atoms with Crippen molar-refractivity contribution in [2.24, 2.45) is 17.8 Å². The second-order valence-electron chi connectivity index (χ2n) is 7.09. The number of likely N-dealkylation sites (tertiary alicyclic amines) is 1. The summed E-state index contributed by atoms with van der Waals surface area (Å²) in [6.07, 6.45) is 6.55. The number of carbonyl (C=O) groups is 1. The Morgan fingerprint density at radius 1 is 1.25 bits per heavy atom. The van der Waals surface area contributed by atoms with Gasteiger partial charge in [-0.25, -0.2) is 0 Å². The molecule has 28 heavy (non-hydrogen) atoms. The molecule has 7 nitrogen and oxygen atoms in total. The standard InChI is InChI=1S/C21H24N6O/c1-14(28)26-8-7-19(23-2)18(13-26)21(22)27-9-6-16-10-15(4-5-20(16)27)17-11-24-25(3)12-17/h4-6,9-12H,7-8,13,22H2,1-3H3. The normalized spacial score (nSPS) is 18.1. The first-order valence-electron chi connectivity index (χ1n) is 9.28. The third-order valence-corrected chi connectivity index (χ3v) is 5.33. The Hall–Kier alpha value is -3.35. The topological polar surface area (TPSA) is 81.4 Å². The minimum absolute atomic E-state index is 0.0546. The van der Waals surface area contributed by atoms with Crippen molar-refractivity contribution in [1.82, 2.24) is 19.2 Å². The summed E-state index contributed by atoms with van der Waals surface area (Å²) >= 11 is 0. The summed E-state index contributed by atoms with van der Waals surface area (Å²) in [5, 5.41) is 5.34. The van der Waals surface area contributed by atoms with Gasteiger partial charge in [0, 0.05) is 68.6 Å². The molecule has 7 heteroatoms. The molecule has 0 spiro atoms. The van der Waals surface area contributed by atoms with Crippen LogP contribution in [0, 0.1) is 0 Å². The molecule has 0 aliphatic carbocycles. The van der Waals surface area contributed by atoms with Crippen LogP contribution in [0.2, 0.25) is 0 Å². The highest BCUT2D eigenvalue weighted by Gasteiger charge is 2.24. The quantitative estimate of drug-likeness (QED) is 0.746. The van der Waals surface area contributed by atoms with E-state index in [1.807, 2.05) is 35.1 Å². The number of hydrogen-bond donors (Lipinski definition) is 1. The van der Waals surface area contributed by atoms with Crippen LogP contribution < -0.4 is 5.73 Å². The highest BCUT2D eigenvalue weighted by molar-refractivity contribution is 6.06. The highest BCUT2D eigenvalue weighted by Crippen LogP contribution is 2.27. The number of aromatic nitrogens is 3. The van der Waals surface area contributed by atoms with Crippen LogP contribution in [0.5, 0.6) is 0 Å². The van der Waals surface area contributed by atoms with Crippen molar-refractivity contribution in [1.29, 1.82) is 0 Å². The number of carbonyl (C=O) groups excluding carboxylic acids is 1. The zero-order valence-electron chi connectivity index (χ0n) is 16.4. The number of rotatable bonds is 2. The van der Waals surface area contributed by atoms with Crippen LogP contribution in [0.3, 0.4) is 0 Å². The molecule has 2 aromatic heterocycles. The SMILES string of the molecule is CN=C1CCN(C(C)=O)CC1=C(N)n1ccc2cc(-c3cnn(C)c3)ccc21. The van der Waals surface area contributed by atoms with Gasteiger partial charge in [0.1, 0.15) is 5.82 Å². The van der Waals surface area contributed by atoms with Crippen LogP contribution in [0.1, 0.15) is 13.3 Å². The molecular weight excluding hydrogens is 352 g/mol. The van der Waals surface area contributed by atoms with E-state index >= 15 is 0 Å². The number of nitrogens with two attached hydrogens (primary N) is 1. The molecule has 1 aliphatic rings. The average Bonchev–Trinajstić information content (AvgIpc) is 3.32. The Balaban J connectivity index is 1.77. The lowest BCUT2D eigenvalue weighted by molar-refractivity contribution is -0.128. The van der Waals surface area contributed by atoms with Crippen molar-refractivity contribution < 1.29 is 4.79 Å². The minimum Gasteiger partial charge on any atom is -0.384 e. The molecule has 1 saturated heterocycles. The number of aliphatic imine (C=N–C) groups is 1. The van der Waals surface area contributed by atoms with Gasteiger partial charge in [0.05, 0.1) is 18.3 Å². The van der Waals surface area contributed by atoms with E-state index < -0.39 is 0 Å². The lowest BCUT2D eigenvalue weighted by atomic mass is 10.0. The number of hydrogen-bond acceptors (Lipinski definition) is 4. The smallest absolute Gasteiger partial charge is 0.219 e. The summed E-state index contributed by atoms with van der Waals surface area (Å²) in [4.78, 5) is 18.1. The molecule has 0 saturated carbocycles. The third-order valence-electron chi connectivity index (χ3n) is 5.33. The van der Waals surface area contributed by atoms with E-state index in [9.17, 15) is 4.79 Å². The van der Waals surface area contributed by atoms with Crippen molar-refractivity contribution in [3.63, 3.8) is 0 Å². The third kappa shape index (κ3) is 3.09. The minimum atomic E-state index is 0.0546. The Labute approximate surface area is 163 Å². The van der Waals surface area contributed by atoms with Gasteiger partial charge >= 0.3 is 0 Å². The molecule has 1 aromatic carbocycles.